The van der Waals surface area contributed by atoms with E-state index in [4.69, 9.17) is 0 Å². The Bertz CT molecular complexity index is 1680. The summed E-state index contributed by atoms with van der Waals surface area (Å²) in [7, 11) is 0. The van der Waals surface area contributed by atoms with Gasteiger partial charge < -0.3 is 0 Å². The third-order valence-electron chi connectivity index (χ3n) is 7.20. The van der Waals surface area contributed by atoms with Crippen molar-refractivity contribution >= 4 is 97.8 Å². The summed E-state index contributed by atoms with van der Waals surface area (Å²) in [5.74, 6) is 0. The van der Waals surface area contributed by atoms with E-state index in [0.717, 1.165) is 0 Å². The molecule has 0 saturated heterocycles. The topological polar surface area (TPSA) is 0 Å². The highest BCUT2D eigenvalue weighted by atomic mass is 127. The van der Waals surface area contributed by atoms with Gasteiger partial charge in [0.1, 0.15) is 0 Å². The molecule has 0 spiro atoms. The van der Waals surface area contributed by atoms with Crippen LogP contribution in [0.1, 0.15) is 47.9 Å². The van der Waals surface area contributed by atoms with Gasteiger partial charge in [-0.2, -0.15) is 0 Å². The van der Waals surface area contributed by atoms with E-state index in [1.165, 1.54) is 98.6 Å². The van der Waals surface area contributed by atoms with Gasteiger partial charge in [0.2, 0.25) is 0 Å². The Labute approximate surface area is 216 Å². The molecule has 0 aliphatic carbocycles. The largest absolute Gasteiger partial charge is 0.140 e. The Morgan fingerprint density at radius 1 is 0.667 bits per heavy atom. The molecule has 0 radical (unpaired) electrons. The normalized spacial score (nSPS) is 12.2. The zero-order valence-electron chi connectivity index (χ0n) is 19.3. The van der Waals surface area contributed by atoms with Gasteiger partial charge in [-0.05, 0) is 117 Å². The summed E-state index contributed by atoms with van der Waals surface area (Å²) in [4.78, 5) is 2.99. The molecule has 0 aliphatic rings. The van der Waals surface area contributed by atoms with Crippen LogP contribution < -0.4 is 0 Å². The van der Waals surface area contributed by atoms with Gasteiger partial charge in [-0.15, -0.1) is 22.7 Å². The van der Waals surface area contributed by atoms with Crippen LogP contribution >= 0.6 is 45.3 Å². The maximum atomic E-state index is 2.58. The molecule has 0 nitrogen and oxygen atoms in total. The van der Waals surface area contributed by atoms with Gasteiger partial charge in [0.05, 0.1) is 0 Å². The lowest BCUT2D eigenvalue weighted by Gasteiger charge is -2.09. The number of unbranched alkanes of at least 4 members (excludes halogenated alkanes) is 3. The molecule has 4 aromatic carbocycles. The number of fused-ring (bicyclic) bond motifs is 7. The van der Waals surface area contributed by atoms with Crippen molar-refractivity contribution < 1.29 is 0 Å². The van der Waals surface area contributed by atoms with Crippen molar-refractivity contribution in [1.29, 1.82) is 0 Å². The zero-order valence-corrected chi connectivity index (χ0v) is 23.1. The Kier molecular flexibility index (Phi) is 5.63. The van der Waals surface area contributed by atoms with Crippen LogP contribution in [-0.4, -0.2) is 0 Å². The lowest BCUT2D eigenvalue weighted by atomic mass is 9.95. The van der Waals surface area contributed by atoms with E-state index in [-0.39, 0.29) is 0 Å². The number of hydrogen-bond acceptors (Lipinski definition) is 2. The van der Waals surface area contributed by atoms with Gasteiger partial charge in [-0.25, -0.2) is 0 Å². The fourth-order valence-electron chi connectivity index (χ4n) is 5.20. The summed E-state index contributed by atoms with van der Waals surface area (Å²) < 4.78 is 4.31. The molecule has 0 unspecified atom stereocenters. The fourth-order valence-corrected chi connectivity index (χ4v) is 8.68. The molecule has 6 aromatic rings. The Balaban J connectivity index is 1.54. The molecule has 166 valence electrons. The minimum absolute atomic E-state index is 1.22. The van der Waals surface area contributed by atoms with Gasteiger partial charge in [0, 0.05) is 28.1 Å². The van der Waals surface area contributed by atoms with Crippen LogP contribution in [0.15, 0.2) is 48.5 Å². The summed E-state index contributed by atoms with van der Waals surface area (Å²) in [5, 5.41) is 11.0. The molecule has 0 bridgehead atoms. The van der Waals surface area contributed by atoms with E-state index in [0.29, 0.717) is 0 Å². The molecular weight excluding hydrogens is 551 g/mol. The fraction of sp³-hybridized carbons (Fsp3) is 0.267. The summed E-state index contributed by atoms with van der Waals surface area (Å²) in [5.41, 5.74) is 1.43. The molecule has 0 aliphatic heterocycles. The first-order chi connectivity index (χ1) is 16.0. The van der Waals surface area contributed by atoms with Crippen LogP contribution in [0.5, 0.6) is 0 Å². The summed E-state index contributed by atoms with van der Waals surface area (Å²) >= 11 is 6.51. The minimum Gasteiger partial charge on any atom is -0.140 e. The van der Waals surface area contributed by atoms with Crippen molar-refractivity contribution in [3.63, 3.8) is 0 Å². The van der Waals surface area contributed by atoms with Crippen LogP contribution in [0.25, 0.3) is 52.5 Å². The number of benzene rings is 4. The molecule has 33 heavy (non-hydrogen) atoms. The van der Waals surface area contributed by atoms with Crippen LogP contribution in [0.2, 0.25) is 0 Å². The molecule has 0 amide bonds. The van der Waals surface area contributed by atoms with E-state index in [9.17, 15) is 0 Å². The molecule has 0 N–H and O–H groups in total. The van der Waals surface area contributed by atoms with Crippen LogP contribution in [0.3, 0.4) is 0 Å². The second kappa shape index (κ2) is 8.51. The number of rotatable bonds is 5. The first-order valence-electron chi connectivity index (χ1n) is 11.9. The predicted molar refractivity (Wildman–Crippen MR) is 160 cm³/mol. The van der Waals surface area contributed by atoms with E-state index in [2.05, 4.69) is 91.9 Å². The lowest BCUT2D eigenvalue weighted by molar-refractivity contribution is 0.669. The summed E-state index contributed by atoms with van der Waals surface area (Å²) in [6.07, 6.45) is 6.52. The van der Waals surface area contributed by atoms with Gasteiger partial charge in [0.25, 0.3) is 0 Å². The maximum absolute atomic E-state index is 2.58. The Morgan fingerprint density at radius 3 is 1.97 bits per heavy atom. The van der Waals surface area contributed by atoms with Crippen molar-refractivity contribution in [2.45, 2.75) is 52.9 Å². The summed E-state index contributed by atoms with van der Waals surface area (Å²) in [6.45, 7) is 6.77. The number of aryl methyl sites for hydroxylation is 3. The second-order valence-electron chi connectivity index (χ2n) is 9.30. The minimum atomic E-state index is 1.22. The quantitative estimate of drug-likeness (QED) is 0.108. The zero-order chi connectivity index (χ0) is 22.7. The van der Waals surface area contributed by atoms with Gasteiger partial charge in [-0.1, -0.05) is 50.5 Å². The van der Waals surface area contributed by atoms with Crippen molar-refractivity contribution in [2.75, 3.05) is 0 Å². The van der Waals surface area contributed by atoms with E-state index < -0.39 is 0 Å². The van der Waals surface area contributed by atoms with Gasteiger partial charge in [-0.3, -0.25) is 0 Å². The van der Waals surface area contributed by atoms with Crippen molar-refractivity contribution in [2.24, 2.45) is 0 Å². The molecule has 0 atom stereocenters. The molecule has 0 fully saturated rings. The average Bonchev–Trinajstić information content (AvgIpc) is 3.28. The monoisotopic (exact) mass is 578 g/mol. The van der Waals surface area contributed by atoms with Gasteiger partial charge >= 0.3 is 0 Å². The maximum Gasteiger partial charge on any atom is 0.0363 e. The highest BCUT2D eigenvalue weighted by molar-refractivity contribution is 14.1. The highest BCUT2D eigenvalue weighted by Crippen LogP contribution is 2.41. The van der Waals surface area contributed by atoms with Crippen molar-refractivity contribution in [3.8, 4) is 0 Å². The van der Waals surface area contributed by atoms with Gasteiger partial charge in [0.15, 0.2) is 0 Å². The lowest BCUT2D eigenvalue weighted by Crippen LogP contribution is -1.84. The van der Waals surface area contributed by atoms with Crippen molar-refractivity contribution in [3.05, 3.63) is 67.4 Å². The number of thiophene rings is 2. The SMILES string of the molecule is CCCCCCc1sc2cc3c(ccc4c5cc6sc(C)c(C)c6cc5ccc34)cc2c1I. The Morgan fingerprint density at radius 2 is 1.30 bits per heavy atom. The van der Waals surface area contributed by atoms with E-state index in [1.807, 2.05) is 22.7 Å². The van der Waals surface area contributed by atoms with Crippen LogP contribution in [0, 0.1) is 17.4 Å². The molecule has 3 heteroatoms. The number of hydrogen-bond donors (Lipinski definition) is 0. The smallest absolute Gasteiger partial charge is 0.0363 e. The molecule has 0 saturated carbocycles. The van der Waals surface area contributed by atoms with Crippen LogP contribution in [-0.2, 0) is 6.42 Å². The van der Waals surface area contributed by atoms with E-state index >= 15 is 0 Å². The third-order valence-corrected chi connectivity index (χ3v) is 11.2. The Hall–Kier alpha value is -1.69. The second-order valence-corrected chi connectivity index (χ2v) is 12.8. The molecule has 6 rings (SSSR count). The van der Waals surface area contributed by atoms with E-state index in [1.54, 1.807) is 4.88 Å². The first-order valence-corrected chi connectivity index (χ1v) is 14.7. The van der Waals surface area contributed by atoms with Crippen LogP contribution in [0.4, 0.5) is 0 Å². The predicted octanol–water partition coefficient (Wildman–Crippen LogP) is 10.9. The standard InChI is InChI=1S/C30H27IS2/c1-4-5-6-7-8-27-30(31)26-14-20-10-12-21-22(25(20)16-29(26)33-27)11-9-19-13-23-17(2)18(3)32-28(23)15-24(19)21/h9-16H,4-8H2,1-3H3. The molecule has 2 aromatic heterocycles. The summed E-state index contributed by atoms with van der Waals surface area (Å²) in [6, 6.07) is 19.0. The molecular formula is C30H27IS2. The van der Waals surface area contributed by atoms with Crippen molar-refractivity contribution in [1.82, 2.24) is 0 Å². The third kappa shape index (κ3) is 3.59. The first kappa shape index (κ1) is 21.8. The molecule has 2 heterocycles. The number of halogens is 1. The average molecular weight is 579 g/mol. The highest BCUT2D eigenvalue weighted by Gasteiger charge is 2.14.